The van der Waals surface area contributed by atoms with E-state index in [9.17, 15) is 13.2 Å². The molecule has 0 aromatic carbocycles. The van der Waals surface area contributed by atoms with Gasteiger partial charge in [-0.3, -0.25) is 14.7 Å². The Bertz CT molecular complexity index is 910. The van der Waals surface area contributed by atoms with Crippen LogP contribution in [0.5, 0.6) is 0 Å². The summed E-state index contributed by atoms with van der Waals surface area (Å²) in [5, 5.41) is 0.169. The molecule has 23 heavy (non-hydrogen) atoms. The normalized spacial score (nSPS) is 15.4. The zero-order valence-corrected chi connectivity index (χ0v) is 14.0. The van der Waals surface area contributed by atoms with Crippen LogP contribution in [0.15, 0.2) is 28.3 Å². The maximum Gasteiger partial charge on any atom is 0.256 e. The van der Waals surface area contributed by atoms with E-state index in [0.29, 0.717) is 42.5 Å². The molecule has 0 aliphatic carbocycles. The Morgan fingerprint density at radius 1 is 1.43 bits per heavy atom. The number of hydrogen-bond acceptors (Lipinski definition) is 6. The summed E-state index contributed by atoms with van der Waals surface area (Å²) >= 11 is 6.06. The fourth-order valence-corrected chi connectivity index (χ4v) is 3.28. The number of nitrogens with one attached hydrogen (secondary N) is 1. The van der Waals surface area contributed by atoms with Crippen LogP contribution in [0.1, 0.15) is 16.8 Å². The van der Waals surface area contributed by atoms with Gasteiger partial charge in [-0.15, -0.1) is 0 Å². The topological polar surface area (TPSA) is 96.0 Å². The minimum absolute atomic E-state index is 0.273. The third-order valence-corrected chi connectivity index (χ3v) is 4.94. The van der Waals surface area contributed by atoms with Gasteiger partial charge in [0.15, 0.2) is 0 Å². The first kappa shape index (κ1) is 16.1. The Labute approximate surface area is 138 Å². The monoisotopic (exact) mass is 354 g/mol. The van der Waals surface area contributed by atoms with Crippen molar-refractivity contribution in [2.45, 2.75) is 24.7 Å². The van der Waals surface area contributed by atoms with Crippen molar-refractivity contribution in [3.63, 3.8) is 0 Å². The van der Waals surface area contributed by atoms with E-state index in [-0.39, 0.29) is 5.16 Å². The molecule has 1 aliphatic heterocycles. The second-order valence-corrected chi connectivity index (χ2v) is 7.77. The van der Waals surface area contributed by atoms with Crippen molar-refractivity contribution in [2.75, 3.05) is 12.8 Å². The summed E-state index contributed by atoms with van der Waals surface area (Å²) in [6, 6.07) is 3.70. The van der Waals surface area contributed by atoms with Crippen molar-refractivity contribution in [1.82, 2.24) is 19.9 Å². The SMILES string of the molecule is CS(=O)(=O)c1nc2c(c(=O)[nH]1)CN(Cc1cccnc1Cl)CC2. The molecule has 3 rings (SSSR count). The first-order valence-corrected chi connectivity index (χ1v) is 9.25. The number of hydrogen-bond donors (Lipinski definition) is 1. The molecule has 122 valence electrons. The van der Waals surface area contributed by atoms with E-state index in [4.69, 9.17) is 11.6 Å². The molecule has 2 aromatic rings. The maximum atomic E-state index is 12.2. The molecule has 0 amide bonds. The quantitative estimate of drug-likeness (QED) is 0.646. The summed E-state index contributed by atoms with van der Waals surface area (Å²) in [5.41, 5.74) is 1.53. The van der Waals surface area contributed by atoms with Crippen molar-refractivity contribution in [1.29, 1.82) is 0 Å². The van der Waals surface area contributed by atoms with Crippen molar-refractivity contribution in [2.24, 2.45) is 0 Å². The van der Waals surface area contributed by atoms with E-state index < -0.39 is 15.4 Å². The maximum absolute atomic E-state index is 12.2. The minimum Gasteiger partial charge on any atom is -0.297 e. The van der Waals surface area contributed by atoms with Crippen LogP contribution in [-0.2, 0) is 29.3 Å². The highest BCUT2D eigenvalue weighted by Gasteiger charge is 2.23. The van der Waals surface area contributed by atoms with E-state index >= 15 is 0 Å². The van der Waals surface area contributed by atoms with Crippen LogP contribution in [0, 0.1) is 0 Å². The molecule has 0 fully saturated rings. The first-order valence-electron chi connectivity index (χ1n) is 6.98. The largest absolute Gasteiger partial charge is 0.297 e. The number of halogens is 1. The van der Waals surface area contributed by atoms with Gasteiger partial charge < -0.3 is 0 Å². The Balaban J connectivity index is 1.87. The Morgan fingerprint density at radius 2 is 2.22 bits per heavy atom. The molecule has 7 nitrogen and oxygen atoms in total. The van der Waals surface area contributed by atoms with Gasteiger partial charge in [-0.05, 0) is 6.07 Å². The third kappa shape index (κ3) is 3.44. The average Bonchev–Trinajstić information content (AvgIpc) is 2.49. The standard InChI is InChI=1S/C14H15ClN4O3S/c1-23(21,22)14-17-11-4-6-19(8-10(11)13(20)18-14)7-9-3-2-5-16-12(9)15/h2-3,5H,4,6-8H2,1H3,(H,17,18,20). The Kier molecular flexibility index (Phi) is 4.22. The summed E-state index contributed by atoms with van der Waals surface area (Å²) in [6.07, 6.45) is 3.16. The van der Waals surface area contributed by atoms with Crippen LogP contribution < -0.4 is 5.56 Å². The summed E-state index contributed by atoms with van der Waals surface area (Å²) in [6.45, 7) is 1.63. The molecule has 3 heterocycles. The van der Waals surface area contributed by atoms with Crippen LogP contribution in [0.4, 0.5) is 0 Å². The van der Waals surface area contributed by atoms with Gasteiger partial charge in [0, 0.05) is 44.1 Å². The lowest BCUT2D eigenvalue weighted by molar-refractivity contribution is 0.240. The van der Waals surface area contributed by atoms with Gasteiger partial charge >= 0.3 is 0 Å². The first-order chi connectivity index (χ1) is 10.8. The molecule has 9 heteroatoms. The highest BCUT2D eigenvalue weighted by Crippen LogP contribution is 2.20. The fraction of sp³-hybridized carbons (Fsp3) is 0.357. The smallest absolute Gasteiger partial charge is 0.256 e. The van der Waals surface area contributed by atoms with Crippen molar-refractivity contribution < 1.29 is 8.42 Å². The predicted octanol–water partition coefficient (Wildman–Crippen LogP) is 0.780. The van der Waals surface area contributed by atoms with Gasteiger partial charge in [-0.1, -0.05) is 17.7 Å². The van der Waals surface area contributed by atoms with E-state index in [1.54, 1.807) is 6.20 Å². The molecular weight excluding hydrogens is 340 g/mol. The molecule has 2 aromatic heterocycles. The van der Waals surface area contributed by atoms with Gasteiger partial charge in [0.05, 0.1) is 11.3 Å². The molecule has 0 spiro atoms. The van der Waals surface area contributed by atoms with E-state index in [1.165, 1.54) is 0 Å². The zero-order chi connectivity index (χ0) is 16.6. The number of aromatic nitrogens is 3. The third-order valence-electron chi connectivity index (χ3n) is 3.71. The number of sulfone groups is 1. The number of aromatic amines is 1. The Morgan fingerprint density at radius 3 is 2.91 bits per heavy atom. The summed E-state index contributed by atoms with van der Waals surface area (Å²) < 4.78 is 23.1. The van der Waals surface area contributed by atoms with Crippen LogP contribution in [0.25, 0.3) is 0 Å². The van der Waals surface area contributed by atoms with Crippen molar-refractivity contribution in [3.05, 3.63) is 50.7 Å². The number of H-pyrrole nitrogens is 1. The van der Waals surface area contributed by atoms with E-state index in [1.807, 2.05) is 12.1 Å². The summed E-state index contributed by atoms with van der Waals surface area (Å²) in [7, 11) is -3.53. The molecule has 1 aliphatic rings. The molecule has 0 saturated heterocycles. The number of nitrogens with zero attached hydrogens (tertiary/aromatic N) is 3. The summed E-state index contributed by atoms with van der Waals surface area (Å²) in [5.74, 6) is 0. The second-order valence-electron chi connectivity index (χ2n) is 5.48. The van der Waals surface area contributed by atoms with Gasteiger partial charge in [0.25, 0.3) is 5.56 Å². The number of fused-ring (bicyclic) bond motifs is 1. The number of rotatable bonds is 3. The van der Waals surface area contributed by atoms with Gasteiger partial charge in [-0.25, -0.2) is 18.4 Å². The minimum atomic E-state index is -3.53. The fourth-order valence-electron chi connectivity index (χ4n) is 2.55. The van der Waals surface area contributed by atoms with Gasteiger partial charge in [0.2, 0.25) is 15.0 Å². The lowest BCUT2D eigenvalue weighted by Gasteiger charge is -2.27. The second kappa shape index (κ2) is 6.03. The Hall–Kier alpha value is -1.77. The molecule has 0 radical (unpaired) electrons. The van der Waals surface area contributed by atoms with E-state index in [2.05, 4.69) is 19.9 Å². The van der Waals surface area contributed by atoms with Crippen LogP contribution in [-0.4, -0.2) is 41.1 Å². The highest BCUT2D eigenvalue weighted by atomic mass is 35.5. The molecule has 0 unspecified atom stereocenters. The molecule has 0 atom stereocenters. The van der Waals surface area contributed by atoms with Crippen LogP contribution in [0.2, 0.25) is 5.15 Å². The van der Waals surface area contributed by atoms with E-state index in [0.717, 1.165) is 11.8 Å². The van der Waals surface area contributed by atoms with Crippen LogP contribution >= 0.6 is 11.6 Å². The molecule has 0 bridgehead atoms. The van der Waals surface area contributed by atoms with Crippen molar-refractivity contribution >= 4 is 21.4 Å². The van der Waals surface area contributed by atoms with Crippen molar-refractivity contribution in [3.8, 4) is 0 Å². The molecular formula is C14H15ClN4O3S. The molecule has 1 N–H and O–H groups in total. The number of pyridine rings is 1. The predicted molar refractivity (Wildman–Crippen MR) is 85.0 cm³/mol. The highest BCUT2D eigenvalue weighted by molar-refractivity contribution is 7.90. The lowest BCUT2D eigenvalue weighted by atomic mass is 10.1. The molecule has 0 saturated carbocycles. The zero-order valence-electron chi connectivity index (χ0n) is 12.4. The van der Waals surface area contributed by atoms with Gasteiger partial charge in [0.1, 0.15) is 5.15 Å². The summed E-state index contributed by atoms with van der Waals surface area (Å²) in [4.78, 5) is 24.7. The average molecular weight is 355 g/mol. The van der Waals surface area contributed by atoms with Gasteiger partial charge in [-0.2, -0.15) is 0 Å². The lowest BCUT2D eigenvalue weighted by Crippen LogP contribution is -2.36. The van der Waals surface area contributed by atoms with Crippen LogP contribution in [0.3, 0.4) is 0 Å².